The molecule has 3 N–H and O–H groups in total. The summed E-state index contributed by atoms with van der Waals surface area (Å²) in [6.45, 7) is 6.57. The number of H-pyrrole nitrogens is 2. The van der Waals surface area contributed by atoms with E-state index < -0.39 is 0 Å². The van der Waals surface area contributed by atoms with Gasteiger partial charge < -0.3 is 25.1 Å². The molecule has 192 valence electrons. The molecule has 1 fully saturated rings. The van der Waals surface area contributed by atoms with E-state index in [0.29, 0.717) is 34.8 Å². The highest BCUT2D eigenvalue weighted by Crippen LogP contribution is 2.30. The lowest BCUT2D eigenvalue weighted by Crippen LogP contribution is -2.33. The fraction of sp³-hybridized carbons (Fsp3) is 0.370. The number of carbonyl (C=O) groups is 1. The van der Waals surface area contributed by atoms with Gasteiger partial charge in [0.2, 0.25) is 0 Å². The summed E-state index contributed by atoms with van der Waals surface area (Å²) in [7, 11) is 0. The van der Waals surface area contributed by atoms with Gasteiger partial charge in [-0.3, -0.25) is 9.59 Å². The Bertz CT molecular complexity index is 1520. The van der Waals surface area contributed by atoms with Crippen LogP contribution in [0.5, 0.6) is 0 Å². The second-order valence-corrected chi connectivity index (χ2v) is 11.3. The average molecular weight is 537 g/mol. The summed E-state index contributed by atoms with van der Waals surface area (Å²) >= 11 is 7.89. The second-order valence-electron chi connectivity index (χ2n) is 9.92. The SMILES string of the molecule is C[C@@H](Cc1sccc1Cl)Nc1[nH]ccc(=O)c1-c1nc2cc3c(cc2[nH]1)CN(CCN1CCCC1)C3=O. The number of fused-ring (bicyclic) bond motifs is 2. The fourth-order valence-corrected chi connectivity index (χ4v) is 6.57. The summed E-state index contributed by atoms with van der Waals surface area (Å²) in [6.07, 6.45) is 4.86. The molecule has 5 heterocycles. The molecule has 0 unspecified atom stereocenters. The van der Waals surface area contributed by atoms with E-state index in [1.54, 1.807) is 17.5 Å². The first kappa shape index (κ1) is 24.2. The lowest BCUT2D eigenvalue weighted by molar-refractivity contribution is 0.0763. The summed E-state index contributed by atoms with van der Waals surface area (Å²) in [5.74, 6) is 1.13. The highest BCUT2D eigenvalue weighted by atomic mass is 35.5. The highest BCUT2D eigenvalue weighted by Gasteiger charge is 2.29. The van der Waals surface area contributed by atoms with Crippen LogP contribution in [0.15, 0.2) is 40.6 Å². The molecule has 1 atom stereocenters. The Balaban J connectivity index is 1.24. The summed E-state index contributed by atoms with van der Waals surface area (Å²) in [5.41, 5.74) is 3.50. The number of aromatic nitrogens is 3. The number of anilines is 1. The van der Waals surface area contributed by atoms with Gasteiger partial charge in [-0.15, -0.1) is 11.3 Å². The molecule has 10 heteroatoms. The van der Waals surface area contributed by atoms with Gasteiger partial charge in [0.05, 0.1) is 16.1 Å². The third kappa shape index (κ3) is 4.79. The third-order valence-electron chi connectivity index (χ3n) is 7.24. The molecule has 2 aliphatic heterocycles. The Kier molecular flexibility index (Phi) is 6.52. The summed E-state index contributed by atoms with van der Waals surface area (Å²) in [6, 6.07) is 7.28. The number of aromatic amines is 2. The summed E-state index contributed by atoms with van der Waals surface area (Å²) in [5, 5.41) is 6.16. The fourth-order valence-electron chi connectivity index (χ4n) is 5.32. The number of likely N-dealkylation sites (tertiary alicyclic amines) is 1. The number of carbonyl (C=O) groups excluding carboxylic acids is 1. The van der Waals surface area contributed by atoms with Gasteiger partial charge in [-0.25, -0.2) is 4.98 Å². The molecule has 0 spiro atoms. The number of nitrogens with zero attached hydrogens (tertiary/aromatic N) is 3. The predicted octanol–water partition coefficient (Wildman–Crippen LogP) is 4.73. The molecule has 1 aromatic carbocycles. The number of imidazole rings is 1. The van der Waals surface area contributed by atoms with E-state index in [2.05, 4.69) is 27.1 Å². The minimum absolute atomic E-state index is 0.0327. The normalized spacial score (nSPS) is 16.6. The molecule has 6 rings (SSSR count). The zero-order chi connectivity index (χ0) is 25.5. The maximum Gasteiger partial charge on any atom is 0.254 e. The molecule has 37 heavy (non-hydrogen) atoms. The van der Waals surface area contributed by atoms with E-state index in [1.165, 1.54) is 18.9 Å². The van der Waals surface area contributed by atoms with E-state index in [4.69, 9.17) is 16.6 Å². The first-order chi connectivity index (χ1) is 18.0. The minimum Gasteiger partial charge on any atom is -0.368 e. The number of nitrogens with one attached hydrogen (secondary N) is 3. The van der Waals surface area contributed by atoms with E-state index in [0.717, 1.165) is 53.6 Å². The summed E-state index contributed by atoms with van der Waals surface area (Å²) in [4.78, 5) is 42.7. The Labute approximate surface area is 223 Å². The van der Waals surface area contributed by atoms with Gasteiger partial charge in [-0.1, -0.05) is 11.6 Å². The van der Waals surface area contributed by atoms with Gasteiger partial charge in [0.15, 0.2) is 5.43 Å². The molecule has 0 bridgehead atoms. The van der Waals surface area contributed by atoms with Crippen molar-refractivity contribution in [2.45, 2.75) is 38.8 Å². The van der Waals surface area contributed by atoms with Crippen molar-refractivity contribution >= 4 is 45.7 Å². The first-order valence-corrected chi connectivity index (χ1v) is 14.0. The average Bonchev–Trinajstić information content (AvgIpc) is 3.66. The molecular formula is C27H29ClN6O2S. The zero-order valence-corrected chi connectivity index (χ0v) is 22.2. The lowest BCUT2D eigenvalue weighted by Gasteiger charge is -2.20. The number of amides is 1. The second kappa shape index (κ2) is 9.96. The number of halogens is 1. The number of hydrogen-bond acceptors (Lipinski definition) is 6. The van der Waals surface area contributed by atoms with Crippen molar-refractivity contribution in [3.05, 3.63) is 67.1 Å². The van der Waals surface area contributed by atoms with Crippen LogP contribution in [0.2, 0.25) is 5.02 Å². The monoisotopic (exact) mass is 536 g/mol. The Hall–Kier alpha value is -3.14. The number of thiophene rings is 1. The van der Waals surface area contributed by atoms with Crippen LogP contribution in [0.3, 0.4) is 0 Å². The topological polar surface area (TPSA) is 97.1 Å². The van der Waals surface area contributed by atoms with E-state index in [-0.39, 0.29) is 17.4 Å². The standard InChI is InChI=1S/C27H29ClN6O2S/c1-16(12-23-19(28)5-11-37-23)30-25-24(22(35)4-6-29-25)26-31-20-13-17-15-34(10-9-33-7-2-3-8-33)27(36)18(17)14-21(20)32-26/h4-6,11,13-14,16H,2-3,7-10,12,15H2,1H3,(H,31,32)(H2,29,30,35)/t16-/m0/s1. The molecule has 0 saturated carbocycles. The van der Waals surface area contributed by atoms with Crippen LogP contribution < -0.4 is 10.7 Å². The van der Waals surface area contributed by atoms with Gasteiger partial charge in [-0.05, 0) is 62.0 Å². The van der Waals surface area contributed by atoms with E-state index in [1.807, 2.05) is 28.5 Å². The predicted molar refractivity (Wildman–Crippen MR) is 149 cm³/mol. The van der Waals surface area contributed by atoms with Gasteiger partial charge in [-0.2, -0.15) is 0 Å². The maximum absolute atomic E-state index is 13.1. The first-order valence-electron chi connectivity index (χ1n) is 12.7. The zero-order valence-electron chi connectivity index (χ0n) is 20.6. The van der Waals surface area contributed by atoms with Gasteiger partial charge >= 0.3 is 0 Å². The molecule has 1 saturated heterocycles. The van der Waals surface area contributed by atoms with Crippen molar-refractivity contribution in [1.29, 1.82) is 0 Å². The van der Waals surface area contributed by atoms with Crippen LogP contribution in [0.25, 0.3) is 22.4 Å². The molecule has 0 aliphatic carbocycles. The van der Waals surface area contributed by atoms with Crippen LogP contribution in [0.1, 0.15) is 40.6 Å². The lowest BCUT2D eigenvalue weighted by atomic mass is 10.1. The van der Waals surface area contributed by atoms with Crippen molar-refractivity contribution in [1.82, 2.24) is 24.8 Å². The third-order valence-corrected chi connectivity index (χ3v) is 8.65. The smallest absolute Gasteiger partial charge is 0.254 e. The molecule has 4 aromatic rings. The molecule has 8 nitrogen and oxygen atoms in total. The van der Waals surface area contributed by atoms with Crippen molar-refractivity contribution in [3.63, 3.8) is 0 Å². The van der Waals surface area contributed by atoms with E-state index >= 15 is 0 Å². The number of pyridine rings is 1. The molecular weight excluding hydrogens is 508 g/mol. The largest absolute Gasteiger partial charge is 0.368 e. The van der Waals surface area contributed by atoms with Crippen LogP contribution in [-0.2, 0) is 13.0 Å². The van der Waals surface area contributed by atoms with Crippen molar-refractivity contribution in [3.8, 4) is 11.4 Å². The van der Waals surface area contributed by atoms with Crippen molar-refractivity contribution in [2.75, 3.05) is 31.5 Å². The molecule has 0 radical (unpaired) electrons. The quantitative estimate of drug-likeness (QED) is 0.302. The van der Waals surface area contributed by atoms with Gasteiger partial charge in [0.1, 0.15) is 17.2 Å². The molecule has 3 aromatic heterocycles. The molecule has 1 amide bonds. The number of benzene rings is 1. The number of hydrogen-bond donors (Lipinski definition) is 3. The van der Waals surface area contributed by atoms with Gasteiger partial charge in [0.25, 0.3) is 5.91 Å². The van der Waals surface area contributed by atoms with Gasteiger partial charge in [0, 0.05) is 54.8 Å². The maximum atomic E-state index is 13.1. The molecule has 2 aliphatic rings. The van der Waals surface area contributed by atoms with Crippen LogP contribution >= 0.6 is 22.9 Å². The highest BCUT2D eigenvalue weighted by molar-refractivity contribution is 7.10. The Morgan fingerprint density at radius 3 is 2.81 bits per heavy atom. The van der Waals surface area contributed by atoms with Crippen LogP contribution in [0, 0.1) is 0 Å². The minimum atomic E-state index is -0.140. The van der Waals surface area contributed by atoms with Crippen LogP contribution in [-0.4, -0.2) is 62.9 Å². The number of rotatable bonds is 8. The van der Waals surface area contributed by atoms with Crippen molar-refractivity contribution in [2.24, 2.45) is 0 Å². The van der Waals surface area contributed by atoms with E-state index in [9.17, 15) is 9.59 Å². The summed E-state index contributed by atoms with van der Waals surface area (Å²) < 4.78 is 0. The van der Waals surface area contributed by atoms with Crippen LogP contribution in [0.4, 0.5) is 5.82 Å². The van der Waals surface area contributed by atoms with Crippen molar-refractivity contribution < 1.29 is 4.79 Å². The Morgan fingerprint density at radius 1 is 1.19 bits per heavy atom. The Morgan fingerprint density at radius 2 is 2.03 bits per heavy atom.